The lowest BCUT2D eigenvalue weighted by molar-refractivity contribution is 0.0697. The van der Waals surface area contributed by atoms with Crippen LogP contribution in [-0.4, -0.2) is 38.4 Å². The number of aromatic nitrogens is 3. The van der Waals surface area contributed by atoms with Gasteiger partial charge in [0.15, 0.2) is 0 Å². The molecule has 1 amide bonds. The van der Waals surface area contributed by atoms with Gasteiger partial charge in [0.1, 0.15) is 0 Å². The molecule has 1 aliphatic rings. The summed E-state index contributed by atoms with van der Waals surface area (Å²) >= 11 is 0. The molecule has 0 bridgehead atoms. The first-order valence-electron chi connectivity index (χ1n) is 9.27. The summed E-state index contributed by atoms with van der Waals surface area (Å²) in [6.45, 7) is 1.30. The lowest BCUT2D eigenvalue weighted by Gasteiger charge is -2.32. The zero-order valence-electron chi connectivity index (χ0n) is 14.8. The van der Waals surface area contributed by atoms with Gasteiger partial charge in [0.05, 0.1) is 16.6 Å². The lowest BCUT2D eigenvalue weighted by atomic mass is 10.0. The van der Waals surface area contributed by atoms with Crippen molar-refractivity contribution in [1.82, 2.24) is 19.4 Å². The third-order valence-corrected chi connectivity index (χ3v) is 5.56. The Morgan fingerprint density at radius 3 is 2.48 bits per heavy atom. The van der Waals surface area contributed by atoms with Gasteiger partial charge in [-0.1, -0.05) is 30.3 Å². The number of aromatic amines is 2. The van der Waals surface area contributed by atoms with Gasteiger partial charge in [-0.3, -0.25) is 9.36 Å². The number of nitrogens with one attached hydrogen (secondary N) is 2. The van der Waals surface area contributed by atoms with E-state index in [9.17, 15) is 9.59 Å². The summed E-state index contributed by atoms with van der Waals surface area (Å²) in [5.41, 5.74) is 3.41. The Morgan fingerprint density at radius 1 is 0.963 bits per heavy atom. The van der Waals surface area contributed by atoms with Crippen LogP contribution >= 0.6 is 0 Å². The van der Waals surface area contributed by atoms with Crippen LogP contribution < -0.4 is 5.69 Å². The monoisotopic (exact) mass is 360 g/mol. The van der Waals surface area contributed by atoms with Crippen LogP contribution in [0.25, 0.3) is 21.9 Å². The van der Waals surface area contributed by atoms with Crippen LogP contribution in [0.2, 0.25) is 0 Å². The summed E-state index contributed by atoms with van der Waals surface area (Å²) in [5, 5.41) is 0.956. The molecule has 3 heterocycles. The van der Waals surface area contributed by atoms with E-state index in [1.807, 2.05) is 58.0 Å². The number of fused-ring (bicyclic) bond motifs is 2. The van der Waals surface area contributed by atoms with E-state index >= 15 is 0 Å². The van der Waals surface area contributed by atoms with Gasteiger partial charge < -0.3 is 14.9 Å². The summed E-state index contributed by atoms with van der Waals surface area (Å²) < 4.78 is 1.85. The minimum absolute atomic E-state index is 0.0529. The fraction of sp³-hybridized carbons (Fsp3) is 0.238. The molecule has 0 unspecified atom stereocenters. The zero-order chi connectivity index (χ0) is 18.4. The Labute approximate surface area is 155 Å². The van der Waals surface area contributed by atoms with Crippen molar-refractivity contribution in [3.63, 3.8) is 0 Å². The SMILES string of the molecule is O=C(c1c[nH]c2ccccc12)N1CCC(n2c(=O)[nH]c3ccccc32)CC1. The molecule has 4 aromatic rings. The van der Waals surface area contributed by atoms with Gasteiger partial charge in [-0.15, -0.1) is 0 Å². The number of rotatable bonds is 2. The van der Waals surface area contributed by atoms with Gasteiger partial charge in [-0.25, -0.2) is 4.79 Å². The number of imidazole rings is 1. The van der Waals surface area contributed by atoms with Crippen LogP contribution in [0, 0.1) is 0 Å². The van der Waals surface area contributed by atoms with Crippen molar-refractivity contribution in [2.24, 2.45) is 0 Å². The second-order valence-electron chi connectivity index (χ2n) is 7.09. The van der Waals surface area contributed by atoms with Crippen molar-refractivity contribution < 1.29 is 4.79 Å². The Hall–Kier alpha value is -3.28. The number of nitrogens with zero attached hydrogens (tertiary/aromatic N) is 2. The molecule has 136 valence electrons. The molecule has 6 nitrogen and oxygen atoms in total. The van der Waals surface area contributed by atoms with Gasteiger partial charge in [0.25, 0.3) is 5.91 Å². The maximum atomic E-state index is 13.0. The van der Waals surface area contributed by atoms with E-state index in [-0.39, 0.29) is 17.6 Å². The van der Waals surface area contributed by atoms with Crippen LogP contribution in [0.15, 0.2) is 59.5 Å². The third kappa shape index (κ3) is 2.56. The normalized spacial score (nSPS) is 15.6. The number of para-hydroxylation sites is 3. The Balaban J connectivity index is 1.38. The maximum Gasteiger partial charge on any atom is 0.326 e. The largest absolute Gasteiger partial charge is 0.360 e. The highest BCUT2D eigenvalue weighted by molar-refractivity contribution is 6.06. The molecule has 1 saturated heterocycles. The van der Waals surface area contributed by atoms with Crippen molar-refractivity contribution in [2.75, 3.05) is 13.1 Å². The van der Waals surface area contributed by atoms with Crippen LogP contribution in [0.3, 0.4) is 0 Å². The maximum absolute atomic E-state index is 13.0. The van der Waals surface area contributed by atoms with Crippen LogP contribution in [-0.2, 0) is 0 Å². The molecule has 1 aliphatic heterocycles. The van der Waals surface area contributed by atoms with Gasteiger partial charge in [0.2, 0.25) is 0 Å². The molecule has 0 aliphatic carbocycles. The molecule has 2 aromatic heterocycles. The molecular formula is C21H20N4O2. The van der Waals surface area contributed by atoms with Crippen LogP contribution in [0.5, 0.6) is 0 Å². The number of carbonyl (C=O) groups excluding carboxylic acids is 1. The number of hydrogen-bond acceptors (Lipinski definition) is 2. The predicted octanol–water partition coefficient (Wildman–Crippen LogP) is 3.29. The van der Waals surface area contributed by atoms with Crippen molar-refractivity contribution >= 4 is 27.8 Å². The standard InChI is InChI=1S/C21H20N4O2/c26-20(16-13-22-17-6-2-1-5-15(16)17)24-11-9-14(10-12-24)25-19-8-4-3-7-18(19)23-21(25)27/h1-8,13-14,22H,9-12H2,(H,23,27). The van der Waals surface area contributed by atoms with Crippen molar-refractivity contribution in [3.05, 3.63) is 70.8 Å². The molecule has 1 fully saturated rings. The molecule has 6 heteroatoms. The Morgan fingerprint density at radius 2 is 1.67 bits per heavy atom. The number of hydrogen-bond donors (Lipinski definition) is 2. The number of likely N-dealkylation sites (tertiary alicyclic amines) is 1. The number of benzene rings is 2. The minimum atomic E-state index is -0.0717. The summed E-state index contributed by atoms with van der Waals surface area (Å²) in [6.07, 6.45) is 3.34. The second kappa shape index (κ2) is 6.16. The summed E-state index contributed by atoms with van der Waals surface area (Å²) in [6, 6.07) is 15.7. The highest BCUT2D eigenvalue weighted by atomic mass is 16.2. The first-order chi connectivity index (χ1) is 13.2. The van der Waals surface area contributed by atoms with Gasteiger partial charge >= 0.3 is 5.69 Å². The fourth-order valence-electron chi connectivity index (χ4n) is 4.18. The predicted molar refractivity (Wildman–Crippen MR) is 105 cm³/mol. The molecule has 0 radical (unpaired) electrons. The van der Waals surface area contributed by atoms with Crippen molar-refractivity contribution in [3.8, 4) is 0 Å². The summed E-state index contributed by atoms with van der Waals surface area (Å²) in [5.74, 6) is 0.0529. The molecule has 2 N–H and O–H groups in total. The lowest BCUT2D eigenvalue weighted by Crippen LogP contribution is -2.40. The van der Waals surface area contributed by atoms with E-state index in [2.05, 4.69) is 9.97 Å². The average molecular weight is 360 g/mol. The van der Waals surface area contributed by atoms with Gasteiger partial charge in [-0.05, 0) is 31.0 Å². The molecule has 5 rings (SSSR count). The molecular weight excluding hydrogens is 340 g/mol. The molecule has 0 spiro atoms. The summed E-state index contributed by atoms with van der Waals surface area (Å²) in [4.78, 5) is 33.4. The van der Waals surface area contributed by atoms with E-state index in [1.165, 1.54) is 0 Å². The van der Waals surface area contributed by atoms with Gasteiger partial charge in [0, 0.05) is 36.2 Å². The minimum Gasteiger partial charge on any atom is -0.360 e. The second-order valence-corrected chi connectivity index (χ2v) is 7.09. The van der Waals surface area contributed by atoms with Crippen LogP contribution in [0.4, 0.5) is 0 Å². The topological polar surface area (TPSA) is 73.9 Å². The van der Waals surface area contributed by atoms with Crippen molar-refractivity contribution in [1.29, 1.82) is 0 Å². The molecule has 27 heavy (non-hydrogen) atoms. The Kier molecular flexibility index (Phi) is 3.63. The zero-order valence-corrected chi connectivity index (χ0v) is 14.8. The van der Waals surface area contributed by atoms with Gasteiger partial charge in [-0.2, -0.15) is 0 Å². The van der Waals surface area contributed by atoms with E-state index in [1.54, 1.807) is 6.20 Å². The third-order valence-electron chi connectivity index (χ3n) is 5.56. The van der Waals surface area contributed by atoms with Crippen LogP contribution in [0.1, 0.15) is 29.2 Å². The van der Waals surface area contributed by atoms with E-state index < -0.39 is 0 Å². The fourth-order valence-corrected chi connectivity index (χ4v) is 4.18. The van der Waals surface area contributed by atoms with E-state index in [0.717, 1.165) is 34.8 Å². The highest BCUT2D eigenvalue weighted by Crippen LogP contribution is 2.27. The molecule has 2 aromatic carbocycles. The first-order valence-corrected chi connectivity index (χ1v) is 9.27. The molecule has 0 saturated carbocycles. The Bertz CT molecular complexity index is 1190. The number of piperidine rings is 1. The quantitative estimate of drug-likeness (QED) is 0.576. The van der Waals surface area contributed by atoms with Crippen molar-refractivity contribution in [2.45, 2.75) is 18.9 Å². The highest BCUT2D eigenvalue weighted by Gasteiger charge is 2.27. The van der Waals surface area contributed by atoms with E-state index in [4.69, 9.17) is 0 Å². The number of amides is 1. The first kappa shape index (κ1) is 15.9. The number of carbonyl (C=O) groups is 1. The summed E-state index contributed by atoms with van der Waals surface area (Å²) in [7, 11) is 0. The average Bonchev–Trinajstić information content (AvgIpc) is 3.28. The molecule has 0 atom stereocenters. The van der Waals surface area contributed by atoms with E-state index in [0.29, 0.717) is 18.7 Å². The number of H-pyrrole nitrogens is 2. The smallest absolute Gasteiger partial charge is 0.326 e.